The molecule has 14 heavy (non-hydrogen) atoms. The van der Waals surface area contributed by atoms with Crippen LogP contribution in [0.5, 0.6) is 0 Å². The van der Waals surface area contributed by atoms with Crippen LogP contribution in [0.25, 0.3) is 0 Å². The monoisotopic (exact) mass is 222 g/mol. The van der Waals surface area contributed by atoms with Gasteiger partial charge in [0.15, 0.2) is 0 Å². The molecule has 0 aliphatic carbocycles. The van der Waals surface area contributed by atoms with Crippen molar-refractivity contribution in [2.75, 3.05) is 6.26 Å². The molecule has 0 heterocycles. The minimum absolute atomic E-state index is 0. The van der Waals surface area contributed by atoms with Crippen LogP contribution in [0, 0.1) is 12.0 Å². The molecule has 0 atom stereocenters. The van der Waals surface area contributed by atoms with E-state index in [1.54, 1.807) is 30.5 Å². The second-order valence-corrected chi connectivity index (χ2v) is 5.49. The molecular formula is C9H11LiO2S2. The van der Waals surface area contributed by atoms with Gasteiger partial charge in [0.25, 0.3) is 0 Å². The molecule has 1 aromatic carbocycles. The summed E-state index contributed by atoms with van der Waals surface area (Å²) in [5.41, 5.74) is 1.06. The Hall–Kier alpha value is 0.117. The van der Waals surface area contributed by atoms with Crippen LogP contribution in [0.2, 0.25) is 0 Å². The molecule has 0 N–H and O–H groups in total. The molecule has 0 amide bonds. The van der Waals surface area contributed by atoms with Crippen LogP contribution < -0.4 is 18.9 Å². The second kappa shape index (κ2) is 5.87. The summed E-state index contributed by atoms with van der Waals surface area (Å²) in [6.45, 7) is 1.93. The van der Waals surface area contributed by atoms with Crippen molar-refractivity contribution in [2.24, 2.45) is 0 Å². The normalized spacial score (nSPS) is 10.7. The molecule has 0 unspecified atom stereocenters. The van der Waals surface area contributed by atoms with Crippen molar-refractivity contribution < 1.29 is 27.3 Å². The third-order valence-electron chi connectivity index (χ3n) is 1.57. The zero-order valence-corrected chi connectivity index (χ0v) is 10.2. The van der Waals surface area contributed by atoms with Crippen LogP contribution in [0.4, 0.5) is 0 Å². The van der Waals surface area contributed by atoms with Gasteiger partial charge in [-0.15, -0.1) is 5.08 Å². The number of sulfone groups is 1. The van der Waals surface area contributed by atoms with Gasteiger partial charge in [-0.3, -0.25) is 8.42 Å². The van der Waals surface area contributed by atoms with Gasteiger partial charge in [0.2, 0.25) is 0 Å². The van der Waals surface area contributed by atoms with E-state index in [2.05, 4.69) is 0 Å². The maximum atomic E-state index is 11.5. The Morgan fingerprint density at radius 1 is 1.21 bits per heavy atom. The average molecular weight is 222 g/mol. The van der Waals surface area contributed by atoms with Gasteiger partial charge in [-0.2, -0.15) is 0 Å². The van der Waals surface area contributed by atoms with Gasteiger partial charge in [0.1, 0.15) is 0 Å². The zero-order valence-electron chi connectivity index (χ0n) is 8.52. The average Bonchev–Trinajstić information content (AvgIpc) is 2.05. The van der Waals surface area contributed by atoms with Crippen molar-refractivity contribution in [1.29, 1.82) is 0 Å². The summed E-state index contributed by atoms with van der Waals surface area (Å²) in [5.74, 6) is 0. The van der Waals surface area contributed by atoms with Gasteiger partial charge < -0.3 is 11.8 Å². The van der Waals surface area contributed by atoms with Crippen molar-refractivity contribution in [3.05, 3.63) is 34.9 Å². The predicted octanol–water partition coefficient (Wildman–Crippen LogP) is -0.745. The summed E-state index contributed by atoms with van der Waals surface area (Å²) in [5, 5.41) is 1.25. The summed E-state index contributed by atoms with van der Waals surface area (Å²) in [7, 11) is -3.19. The van der Waals surface area contributed by atoms with Crippen LogP contribution in [0.15, 0.2) is 29.2 Å². The van der Waals surface area contributed by atoms with Gasteiger partial charge in [-0.1, -0.05) is 17.7 Å². The molecule has 2 nitrogen and oxygen atoms in total. The Bertz CT molecular complexity index is 370. The van der Waals surface area contributed by atoms with Gasteiger partial charge in [0.05, 0.1) is 9.84 Å². The Balaban J connectivity index is 0.00000169. The van der Waals surface area contributed by atoms with E-state index in [0.717, 1.165) is 5.56 Å². The van der Waals surface area contributed by atoms with E-state index in [4.69, 9.17) is 0 Å². The number of hydrogen-bond acceptors (Lipinski definition) is 3. The molecule has 0 saturated carbocycles. The third kappa shape index (κ3) is 3.70. The van der Waals surface area contributed by atoms with Gasteiger partial charge in [0, 0.05) is 4.90 Å². The Labute approximate surface area is 102 Å². The minimum Gasteiger partial charge on any atom is -0.339 e. The fraction of sp³-hybridized carbons (Fsp3) is 0.222. The first-order chi connectivity index (χ1) is 6.06. The van der Waals surface area contributed by atoms with Gasteiger partial charge in [-0.05, 0) is 25.3 Å². The van der Waals surface area contributed by atoms with E-state index in [-0.39, 0.29) is 18.9 Å². The molecule has 5 heteroatoms. The first-order valence-electron chi connectivity index (χ1n) is 3.74. The zero-order chi connectivity index (χ0) is 9.90. The number of thioether (sulfide) groups is 1. The fourth-order valence-electron chi connectivity index (χ4n) is 0.910. The molecular weight excluding hydrogens is 211 g/mol. The molecule has 0 bridgehead atoms. The summed E-state index contributed by atoms with van der Waals surface area (Å²) in [6, 6.07) is 6.83. The standard InChI is InChI=1S/C9H11O2S2.Li/c1-8-3-5-9(6-4-8)13(10,11)7-12-2;/h3-7H,1-2H3;/q-1;+1. The molecule has 0 aliphatic heterocycles. The quantitative estimate of drug-likeness (QED) is 0.499. The van der Waals surface area contributed by atoms with Crippen LogP contribution in [0.3, 0.4) is 0 Å². The first-order valence-corrected chi connectivity index (χ1v) is 6.57. The van der Waals surface area contributed by atoms with E-state index < -0.39 is 9.84 Å². The molecule has 72 valence electrons. The molecule has 0 aromatic heterocycles. The van der Waals surface area contributed by atoms with Crippen LogP contribution in [0.1, 0.15) is 5.56 Å². The van der Waals surface area contributed by atoms with Crippen LogP contribution in [-0.4, -0.2) is 14.7 Å². The summed E-state index contributed by atoms with van der Waals surface area (Å²) in [6.07, 6.45) is 1.73. The maximum Gasteiger partial charge on any atom is 1.00 e. The molecule has 0 aliphatic rings. The van der Waals surface area contributed by atoms with Crippen molar-refractivity contribution in [1.82, 2.24) is 0 Å². The second-order valence-electron chi connectivity index (χ2n) is 2.69. The Morgan fingerprint density at radius 3 is 2.14 bits per heavy atom. The molecule has 0 saturated heterocycles. The summed E-state index contributed by atoms with van der Waals surface area (Å²) in [4.78, 5) is 0.354. The Kier molecular flexibility index (Phi) is 5.92. The molecule has 1 rings (SSSR count). The maximum absolute atomic E-state index is 11.5. The summed E-state index contributed by atoms with van der Waals surface area (Å²) >= 11 is 1.19. The SMILES string of the molecule is CS[CH-]S(=O)(=O)c1ccc(C)cc1.[Li+]. The molecule has 0 spiro atoms. The van der Waals surface area contributed by atoms with E-state index >= 15 is 0 Å². The third-order valence-corrected chi connectivity index (χ3v) is 4.28. The Morgan fingerprint density at radius 2 is 1.71 bits per heavy atom. The van der Waals surface area contributed by atoms with Crippen molar-refractivity contribution >= 4 is 21.6 Å². The van der Waals surface area contributed by atoms with Crippen molar-refractivity contribution in [3.63, 3.8) is 0 Å². The van der Waals surface area contributed by atoms with Gasteiger partial charge >= 0.3 is 18.9 Å². The topological polar surface area (TPSA) is 34.1 Å². The molecule has 1 aromatic rings. The minimum atomic E-state index is -3.19. The number of rotatable bonds is 3. The number of benzene rings is 1. The van der Waals surface area contributed by atoms with E-state index in [1.807, 2.05) is 6.92 Å². The number of hydrogen-bond donors (Lipinski definition) is 0. The van der Waals surface area contributed by atoms with Crippen molar-refractivity contribution in [3.8, 4) is 0 Å². The van der Waals surface area contributed by atoms with Crippen LogP contribution >= 0.6 is 11.8 Å². The fourth-order valence-corrected chi connectivity index (χ4v) is 2.88. The summed E-state index contributed by atoms with van der Waals surface area (Å²) < 4.78 is 22.9. The van der Waals surface area contributed by atoms with Crippen LogP contribution in [-0.2, 0) is 9.84 Å². The van der Waals surface area contributed by atoms with E-state index in [9.17, 15) is 8.42 Å². The molecule has 0 fully saturated rings. The van der Waals surface area contributed by atoms with Crippen molar-refractivity contribution in [2.45, 2.75) is 11.8 Å². The first kappa shape index (κ1) is 14.1. The molecule has 0 radical (unpaired) electrons. The predicted molar refractivity (Wildman–Crippen MR) is 56.2 cm³/mol. The van der Waals surface area contributed by atoms with E-state index in [0.29, 0.717) is 4.90 Å². The number of aryl methyl sites for hydroxylation is 1. The van der Waals surface area contributed by atoms with E-state index in [1.165, 1.54) is 16.8 Å². The smallest absolute Gasteiger partial charge is 0.339 e. The van der Waals surface area contributed by atoms with Gasteiger partial charge in [-0.25, -0.2) is 0 Å². The largest absolute Gasteiger partial charge is 1.00 e.